The fraction of sp³-hybridized carbons (Fsp3) is 0. The van der Waals surface area contributed by atoms with Gasteiger partial charge in [-0.25, -0.2) is 0 Å². The Morgan fingerprint density at radius 1 is 0.550 bits per heavy atom. The molecule has 40 heavy (non-hydrogen) atoms. The number of para-hydroxylation sites is 4. The van der Waals surface area contributed by atoms with Crippen LogP contribution in [0.25, 0.3) is 44.7 Å². The molecule has 190 valence electrons. The maximum absolute atomic E-state index is 5.79. The molecule has 0 unspecified atom stereocenters. The predicted octanol–water partition coefficient (Wildman–Crippen LogP) is 9.16. The first-order valence-corrected chi connectivity index (χ1v) is 13.3. The number of imidazole rings is 1. The maximum atomic E-state index is 5.79. The molecule has 3 aromatic heterocycles. The molecule has 5 nitrogen and oxygen atoms in total. The summed E-state index contributed by atoms with van der Waals surface area (Å²) >= 11 is 0. The molecule has 5 aromatic carbocycles. The summed E-state index contributed by atoms with van der Waals surface area (Å²) in [5, 5.41) is 2.42. The summed E-state index contributed by atoms with van der Waals surface area (Å²) in [4.78, 5) is 7.23. The molecular weight excluding hydrogens is 492 g/mol. The standard InChI is InChI=1S/C35H24N4O/c1-3-11-26(12-4-1)38(27-13-5-2-6-14-27)28-21-19-25(20-22-28)33-34(37-23-24-40-35(37)36-33)39-31-17-9-7-15-29(31)30-16-8-10-18-32(30)39/h1-24H. The van der Waals surface area contributed by atoms with E-state index in [2.05, 4.69) is 131 Å². The minimum atomic E-state index is 0.561. The van der Waals surface area contributed by atoms with Gasteiger partial charge in [0.15, 0.2) is 5.82 Å². The molecule has 0 spiro atoms. The normalized spacial score (nSPS) is 11.5. The summed E-state index contributed by atoms with van der Waals surface area (Å²) in [7, 11) is 0. The highest BCUT2D eigenvalue weighted by Crippen LogP contribution is 2.39. The highest BCUT2D eigenvalue weighted by molar-refractivity contribution is 6.09. The number of hydrogen-bond donors (Lipinski definition) is 0. The SMILES string of the molecule is c1ccc(N(c2ccccc2)c2ccc(-c3nc4occn4c3-n3c4ccccc4c4ccccc43)cc2)cc1. The van der Waals surface area contributed by atoms with Crippen molar-refractivity contribution >= 4 is 44.7 Å². The first-order valence-electron chi connectivity index (χ1n) is 13.3. The molecule has 0 aliphatic rings. The van der Waals surface area contributed by atoms with E-state index in [0.29, 0.717) is 5.84 Å². The average molecular weight is 517 g/mol. The zero-order chi connectivity index (χ0) is 26.5. The highest BCUT2D eigenvalue weighted by Gasteiger charge is 2.22. The number of nitrogens with zero attached hydrogens (tertiary/aromatic N) is 4. The van der Waals surface area contributed by atoms with Gasteiger partial charge in [0, 0.05) is 33.4 Å². The Morgan fingerprint density at radius 3 is 1.68 bits per heavy atom. The lowest BCUT2D eigenvalue weighted by molar-refractivity contribution is 0.596. The van der Waals surface area contributed by atoms with E-state index < -0.39 is 0 Å². The van der Waals surface area contributed by atoms with Gasteiger partial charge < -0.3 is 9.32 Å². The van der Waals surface area contributed by atoms with Crippen LogP contribution < -0.4 is 4.90 Å². The summed E-state index contributed by atoms with van der Waals surface area (Å²) in [5.41, 5.74) is 7.41. The number of aromatic nitrogens is 3. The second-order valence-corrected chi connectivity index (χ2v) is 9.76. The molecule has 5 heteroatoms. The van der Waals surface area contributed by atoms with E-state index in [-0.39, 0.29) is 0 Å². The Hall–Kier alpha value is -5.55. The third kappa shape index (κ3) is 3.45. The van der Waals surface area contributed by atoms with Crippen molar-refractivity contribution in [3.8, 4) is 17.1 Å². The van der Waals surface area contributed by atoms with Crippen molar-refractivity contribution in [2.24, 2.45) is 0 Å². The topological polar surface area (TPSA) is 38.6 Å². The van der Waals surface area contributed by atoms with Crippen molar-refractivity contribution in [1.82, 2.24) is 14.0 Å². The molecule has 3 heterocycles. The third-order valence-electron chi connectivity index (χ3n) is 7.46. The van der Waals surface area contributed by atoms with Crippen molar-refractivity contribution in [1.29, 1.82) is 0 Å². The molecule has 0 N–H and O–H groups in total. The number of fused-ring (bicyclic) bond motifs is 4. The lowest BCUT2D eigenvalue weighted by Crippen LogP contribution is -2.09. The van der Waals surface area contributed by atoms with E-state index in [9.17, 15) is 0 Å². The Labute approximate surface area is 230 Å². The molecule has 0 radical (unpaired) electrons. The van der Waals surface area contributed by atoms with E-state index in [0.717, 1.165) is 45.2 Å². The van der Waals surface area contributed by atoms with Gasteiger partial charge in [-0.2, -0.15) is 4.98 Å². The van der Waals surface area contributed by atoms with Gasteiger partial charge in [0.05, 0.1) is 17.2 Å². The largest absolute Gasteiger partial charge is 0.432 e. The van der Waals surface area contributed by atoms with Gasteiger partial charge in [-0.05, 0) is 48.5 Å². The molecule has 0 aliphatic heterocycles. The Morgan fingerprint density at radius 2 is 1.07 bits per heavy atom. The van der Waals surface area contributed by atoms with Crippen molar-refractivity contribution in [3.05, 3.63) is 146 Å². The van der Waals surface area contributed by atoms with Crippen LogP contribution in [0.15, 0.2) is 150 Å². The molecule has 0 saturated heterocycles. The molecule has 0 saturated carbocycles. The van der Waals surface area contributed by atoms with Crippen LogP contribution in [0.4, 0.5) is 17.1 Å². The smallest absolute Gasteiger partial charge is 0.308 e. The van der Waals surface area contributed by atoms with Crippen LogP contribution in [-0.4, -0.2) is 14.0 Å². The number of hydrogen-bond acceptors (Lipinski definition) is 3. The van der Waals surface area contributed by atoms with Crippen LogP contribution in [-0.2, 0) is 0 Å². The minimum Gasteiger partial charge on any atom is -0.432 e. The first kappa shape index (κ1) is 22.4. The van der Waals surface area contributed by atoms with Gasteiger partial charge >= 0.3 is 5.84 Å². The maximum Gasteiger partial charge on any atom is 0.308 e. The van der Waals surface area contributed by atoms with E-state index in [1.165, 1.54) is 10.8 Å². The number of anilines is 3. The molecule has 0 bridgehead atoms. The van der Waals surface area contributed by atoms with Gasteiger partial charge in [-0.1, -0.05) is 84.9 Å². The quantitative estimate of drug-likeness (QED) is 0.229. The fourth-order valence-corrected chi connectivity index (χ4v) is 5.70. The van der Waals surface area contributed by atoms with Gasteiger partial charge in [0.1, 0.15) is 12.0 Å². The lowest BCUT2D eigenvalue weighted by atomic mass is 10.1. The summed E-state index contributed by atoms with van der Waals surface area (Å²) < 4.78 is 10.1. The second kappa shape index (κ2) is 9.03. The van der Waals surface area contributed by atoms with Crippen molar-refractivity contribution in [2.45, 2.75) is 0 Å². The van der Waals surface area contributed by atoms with Crippen LogP contribution in [0.2, 0.25) is 0 Å². The van der Waals surface area contributed by atoms with Crippen LogP contribution in [0, 0.1) is 0 Å². The molecule has 0 fully saturated rings. The molecule has 0 amide bonds. The molecule has 0 aliphatic carbocycles. The van der Waals surface area contributed by atoms with E-state index >= 15 is 0 Å². The van der Waals surface area contributed by atoms with Gasteiger partial charge in [-0.3, -0.25) is 8.97 Å². The number of benzene rings is 5. The zero-order valence-electron chi connectivity index (χ0n) is 21.6. The van der Waals surface area contributed by atoms with Gasteiger partial charge in [0.25, 0.3) is 0 Å². The van der Waals surface area contributed by atoms with Crippen LogP contribution >= 0.6 is 0 Å². The fourth-order valence-electron chi connectivity index (χ4n) is 5.70. The van der Waals surface area contributed by atoms with E-state index in [1.807, 2.05) is 22.7 Å². The van der Waals surface area contributed by atoms with Crippen LogP contribution in [0.5, 0.6) is 0 Å². The molecular formula is C35H24N4O. The highest BCUT2D eigenvalue weighted by atomic mass is 16.3. The lowest BCUT2D eigenvalue weighted by Gasteiger charge is -2.25. The summed E-state index contributed by atoms with van der Waals surface area (Å²) in [6.45, 7) is 0. The monoisotopic (exact) mass is 516 g/mol. The summed E-state index contributed by atoms with van der Waals surface area (Å²) in [5.74, 6) is 1.52. The zero-order valence-corrected chi connectivity index (χ0v) is 21.6. The van der Waals surface area contributed by atoms with Crippen molar-refractivity contribution < 1.29 is 4.42 Å². The predicted molar refractivity (Wildman–Crippen MR) is 162 cm³/mol. The van der Waals surface area contributed by atoms with Crippen molar-refractivity contribution in [2.75, 3.05) is 4.90 Å². The number of oxazole rings is 1. The summed E-state index contributed by atoms with van der Waals surface area (Å²) in [6.07, 6.45) is 3.62. The Kier molecular flexibility index (Phi) is 5.07. The molecule has 8 rings (SSSR count). The first-order chi connectivity index (χ1) is 19.9. The van der Waals surface area contributed by atoms with Crippen LogP contribution in [0.3, 0.4) is 0 Å². The average Bonchev–Trinajstić information content (AvgIpc) is 3.71. The van der Waals surface area contributed by atoms with Crippen LogP contribution in [0.1, 0.15) is 0 Å². The Bertz CT molecular complexity index is 2010. The van der Waals surface area contributed by atoms with E-state index in [4.69, 9.17) is 9.40 Å². The van der Waals surface area contributed by atoms with E-state index in [1.54, 1.807) is 6.26 Å². The number of rotatable bonds is 5. The second-order valence-electron chi connectivity index (χ2n) is 9.76. The minimum absolute atomic E-state index is 0.561. The van der Waals surface area contributed by atoms with Gasteiger partial charge in [-0.15, -0.1) is 0 Å². The third-order valence-corrected chi connectivity index (χ3v) is 7.46. The Balaban J connectivity index is 1.32. The molecule has 8 aromatic rings. The summed E-state index contributed by atoms with van der Waals surface area (Å²) in [6, 6.07) is 46.5. The molecule has 0 atom stereocenters. The van der Waals surface area contributed by atoms with Crippen molar-refractivity contribution in [3.63, 3.8) is 0 Å². The van der Waals surface area contributed by atoms with Gasteiger partial charge in [0.2, 0.25) is 0 Å².